The van der Waals surface area contributed by atoms with E-state index in [4.69, 9.17) is 4.74 Å². The molecule has 1 fully saturated rings. The summed E-state index contributed by atoms with van der Waals surface area (Å²) in [6, 6.07) is 7.67. The van der Waals surface area contributed by atoms with Gasteiger partial charge in [-0.15, -0.1) is 0 Å². The minimum absolute atomic E-state index is 0.0109. The summed E-state index contributed by atoms with van der Waals surface area (Å²) in [6.45, 7) is 14.4. The minimum Gasteiger partial charge on any atom is -0.379 e. The van der Waals surface area contributed by atoms with Crippen LogP contribution in [0.25, 0.3) is 0 Å². The van der Waals surface area contributed by atoms with Crippen LogP contribution >= 0.6 is 0 Å². The average Bonchev–Trinajstić information content (AvgIpc) is 2.50. The van der Waals surface area contributed by atoms with E-state index in [2.05, 4.69) is 24.1 Å². The molecule has 1 amide bonds. The SMILES string of the molecule is CC.Cc1ccc(C(=O)NC(C)(C)CN2CCOCC2)cc1. The summed E-state index contributed by atoms with van der Waals surface area (Å²) in [4.78, 5) is 14.6. The molecular formula is C18H30N2O2. The first-order chi connectivity index (χ1) is 10.5. The van der Waals surface area contributed by atoms with E-state index in [1.807, 2.05) is 45.0 Å². The fraction of sp³-hybridized carbons (Fsp3) is 0.611. The lowest BCUT2D eigenvalue weighted by Crippen LogP contribution is -2.53. The highest BCUT2D eigenvalue weighted by molar-refractivity contribution is 5.94. The van der Waals surface area contributed by atoms with Crippen LogP contribution in [0.15, 0.2) is 24.3 Å². The predicted octanol–water partition coefficient (Wildman–Crippen LogP) is 2.86. The molecule has 124 valence electrons. The van der Waals surface area contributed by atoms with E-state index < -0.39 is 0 Å². The van der Waals surface area contributed by atoms with Gasteiger partial charge in [-0.2, -0.15) is 0 Å². The second kappa shape index (κ2) is 8.91. The molecular weight excluding hydrogens is 276 g/mol. The number of aryl methyl sites for hydroxylation is 1. The summed E-state index contributed by atoms with van der Waals surface area (Å²) in [5.74, 6) is -0.0109. The van der Waals surface area contributed by atoms with Crippen molar-refractivity contribution < 1.29 is 9.53 Å². The standard InChI is InChI=1S/C16H24N2O2.C2H6/c1-13-4-6-14(7-5-13)15(19)17-16(2,3)12-18-8-10-20-11-9-18;1-2/h4-7H,8-12H2,1-3H3,(H,17,19);1-2H3. The number of nitrogens with zero attached hydrogens (tertiary/aromatic N) is 1. The van der Waals surface area contributed by atoms with Crippen LogP contribution < -0.4 is 5.32 Å². The van der Waals surface area contributed by atoms with Gasteiger partial charge in [-0.1, -0.05) is 31.5 Å². The largest absolute Gasteiger partial charge is 0.379 e. The van der Waals surface area contributed by atoms with Crippen molar-refractivity contribution >= 4 is 5.91 Å². The van der Waals surface area contributed by atoms with Gasteiger partial charge >= 0.3 is 0 Å². The van der Waals surface area contributed by atoms with Crippen LogP contribution in [0.3, 0.4) is 0 Å². The molecule has 0 unspecified atom stereocenters. The van der Waals surface area contributed by atoms with Gasteiger partial charge in [-0.05, 0) is 32.9 Å². The molecule has 22 heavy (non-hydrogen) atoms. The molecule has 0 atom stereocenters. The maximum atomic E-state index is 12.3. The fourth-order valence-electron chi connectivity index (χ4n) is 2.44. The molecule has 0 saturated carbocycles. The van der Waals surface area contributed by atoms with Crippen LogP contribution in [0.1, 0.15) is 43.6 Å². The molecule has 0 radical (unpaired) electrons. The van der Waals surface area contributed by atoms with Crippen molar-refractivity contribution in [3.8, 4) is 0 Å². The molecule has 1 aliphatic heterocycles. The van der Waals surface area contributed by atoms with Crippen molar-refractivity contribution in [2.45, 2.75) is 40.2 Å². The molecule has 1 aromatic rings. The van der Waals surface area contributed by atoms with Gasteiger partial charge in [0, 0.05) is 30.7 Å². The topological polar surface area (TPSA) is 41.6 Å². The summed E-state index contributed by atoms with van der Waals surface area (Å²) in [6.07, 6.45) is 0. The quantitative estimate of drug-likeness (QED) is 0.930. The van der Waals surface area contributed by atoms with E-state index in [0.29, 0.717) is 5.56 Å². The molecule has 0 spiro atoms. The molecule has 0 bridgehead atoms. The van der Waals surface area contributed by atoms with Crippen molar-refractivity contribution in [2.75, 3.05) is 32.8 Å². The Morgan fingerprint density at radius 1 is 1.18 bits per heavy atom. The Balaban J connectivity index is 0.00000116. The molecule has 2 rings (SSSR count). The molecule has 1 saturated heterocycles. The monoisotopic (exact) mass is 306 g/mol. The zero-order valence-corrected chi connectivity index (χ0v) is 14.6. The Bertz CT molecular complexity index is 449. The van der Waals surface area contributed by atoms with E-state index in [0.717, 1.165) is 38.4 Å². The number of nitrogens with one attached hydrogen (secondary N) is 1. The van der Waals surface area contributed by atoms with Gasteiger partial charge in [-0.3, -0.25) is 9.69 Å². The van der Waals surface area contributed by atoms with Gasteiger partial charge in [0.05, 0.1) is 13.2 Å². The maximum absolute atomic E-state index is 12.3. The van der Waals surface area contributed by atoms with E-state index >= 15 is 0 Å². The van der Waals surface area contributed by atoms with E-state index in [9.17, 15) is 4.79 Å². The lowest BCUT2D eigenvalue weighted by molar-refractivity contribution is 0.0269. The number of morpholine rings is 1. The maximum Gasteiger partial charge on any atom is 0.251 e. The Kier molecular flexibility index (Phi) is 7.56. The molecule has 1 N–H and O–H groups in total. The van der Waals surface area contributed by atoms with Gasteiger partial charge < -0.3 is 10.1 Å². The fourth-order valence-corrected chi connectivity index (χ4v) is 2.44. The third kappa shape index (κ3) is 6.16. The number of hydrogen-bond acceptors (Lipinski definition) is 3. The van der Waals surface area contributed by atoms with Crippen LogP contribution in [0, 0.1) is 6.92 Å². The van der Waals surface area contributed by atoms with Crippen LogP contribution in [-0.4, -0.2) is 49.2 Å². The van der Waals surface area contributed by atoms with Gasteiger partial charge in [0.1, 0.15) is 0 Å². The second-order valence-electron chi connectivity index (χ2n) is 6.09. The first-order valence-electron chi connectivity index (χ1n) is 8.16. The summed E-state index contributed by atoms with van der Waals surface area (Å²) < 4.78 is 5.35. The van der Waals surface area contributed by atoms with Crippen molar-refractivity contribution in [3.63, 3.8) is 0 Å². The van der Waals surface area contributed by atoms with Gasteiger partial charge in [-0.25, -0.2) is 0 Å². The number of rotatable bonds is 4. The van der Waals surface area contributed by atoms with E-state index in [-0.39, 0.29) is 11.4 Å². The Morgan fingerprint density at radius 2 is 1.73 bits per heavy atom. The third-order valence-corrected chi connectivity index (χ3v) is 3.49. The van der Waals surface area contributed by atoms with E-state index in [1.165, 1.54) is 0 Å². The first-order valence-corrected chi connectivity index (χ1v) is 8.16. The van der Waals surface area contributed by atoms with Crippen molar-refractivity contribution in [1.82, 2.24) is 10.2 Å². The van der Waals surface area contributed by atoms with Crippen LogP contribution in [0.4, 0.5) is 0 Å². The number of hydrogen-bond donors (Lipinski definition) is 1. The number of carbonyl (C=O) groups is 1. The van der Waals surface area contributed by atoms with E-state index in [1.54, 1.807) is 0 Å². The Hall–Kier alpha value is -1.39. The van der Waals surface area contributed by atoms with Crippen LogP contribution in [0.2, 0.25) is 0 Å². The summed E-state index contributed by atoms with van der Waals surface area (Å²) in [5, 5.41) is 3.12. The zero-order chi connectivity index (χ0) is 16.6. The smallest absolute Gasteiger partial charge is 0.251 e. The minimum atomic E-state index is -0.251. The van der Waals surface area contributed by atoms with Crippen LogP contribution in [0.5, 0.6) is 0 Å². The Morgan fingerprint density at radius 3 is 2.27 bits per heavy atom. The predicted molar refractivity (Wildman–Crippen MR) is 91.3 cm³/mol. The highest BCUT2D eigenvalue weighted by Crippen LogP contribution is 2.10. The normalized spacial score (nSPS) is 15.7. The second-order valence-corrected chi connectivity index (χ2v) is 6.09. The lowest BCUT2D eigenvalue weighted by Gasteiger charge is -2.35. The zero-order valence-electron chi connectivity index (χ0n) is 14.6. The molecule has 4 nitrogen and oxygen atoms in total. The van der Waals surface area contributed by atoms with Crippen molar-refractivity contribution in [2.24, 2.45) is 0 Å². The average molecular weight is 306 g/mol. The van der Waals surface area contributed by atoms with Gasteiger partial charge in [0.15, 0.2) is 0 Å². The van der Waals surface area contributed by atoms with Gasteiger partial charge in [0.25, 0.3) is 5.91 Å². The third-order valence-electron chi connectivity index (χ3n) is 3.49. The van der Waals surface area contributed by atoms with Crippen molar-refractivity contribution in [3.05, 3.63) is 35.4 Å². The molecule has 0 aromatic heterocycles. The van der Waals surface area contributed by atoms with Gasteiger partial charge in [0.2, 0.25) is 0 Å². The molecule has 1 aliphatic rings. The summed E-state index contributed by atoms with van der Waals surface area (Å²) in [5.41, 5.74) is 1.62. The Labute approximate surface area is 134 Å². The van der Waals surface area contributed by atoms with Crippen molar-refractivity contribution in [1.29, 1.82) is 0 Å². The lowest BCUT2D eigenvalue weighted by atomic mass is 10.0. The number of carbonyl (C=O) groups excluding carboxylic acids is 1. The summed E-state index contributed by atoms with van der Waals surface area (Å²) in [7, 11) is 0. The number of benzene rings is 1. The molecule has 1 aromatic carbocycles. The number of ether oxygens (including phenoxy) is 1. The van der Waals surface area contributed by atoms with Crippen LogP contribution in [-0.2, 0) is 4.74 Å². The molecule has 0 aliphatic carbocycles. The molecule has 1 heterocycles. The highest BCUT2D eigenvalue weighted by atomic mass is 16.5. The first kappa shape index (κ1) is 18.7. The molecule has 4 heteroatoms. The highest BCUT2D eigenvalue weighted by Gasteiger charge is 2.25. The summed E-state index contributed by atoms with van der Waals surface area (Å²) >= 11 is 0. The number of amides is 1.